The van der Waals surface area contributed by atoms with Gasteiger partial charge in [0.15, 0.2) is 20.1 Å². The van der Waals surface area contributed by atoms with Crippen LogP contribution in [-0.2, 0) is 20.5 Å². The molecule has 1 heterocycles. The number of carbonyl (C=O) groups excluding carboxylic acids is 2. The van der Waals surface area contributed by atoms with Crippen molar-refractivity contribution >= 4 is 44.6 Å². The van der Waals surface area contributed by atoms with Crippen LogP contribution in [0.4, 0.5) is 0 Å². The second-order valence-corrected chi connectivity index (χ2v) is 10.2. The maximum atomic E-state index is 13.3. The summed E-state index contributed by atoms with van der Waals surface area (Å²) < 4.78 is 10.4. The first-order chi connectivity index (χ1) is 17.4. The highest BCUT2D eigenvalue weighted by Gasteiger charge is 2.30. The lowest BCUT2D eigenvalue weighted by Gasteiger charge is -2.11. The molecular formula is C29H22NO5S+. The molecule has 5 rings (SSSR count). The summed E-state index contributed by atoms with van der Waals surface area (Å²) in [7, 11) is -0.588. The van der Waals surface area contributed by atoms with Gasteiger partial charge in [0.2, 0.25) is 0 Å². The lowest BCUT2D eigenvalue weighted by atomic mass is 10.1. The summed E-state index contributed by atoms with van der Waals surface area (Å²) in [6.07, 6.45) is 0. The van der Waals surface area contributed by atoms with Gasteiger partial charge in [-0.2, -0.15) is 0 Å². The van der Waals surface area contributed by atoms with Crippen LogP contribution in [0.2, 0.25) is 0 Å². The quantitative estimate of drug-likeness (QED) is 0.148. The van der Waals surface area contributed by atoms with Crippen LogP contribution in [-0.4, -0.2) is 16.9 Å². The molecule has 6 nitrogen and oxygen atoms in total. The van der Waals surface area contributed by atoms with Gasteiger partial charge < -0.3 is 14.5 Å². The first kappa shape index (κ1) is 23.4. The summed E-state index contributed by atoms with van der Waals surface area (Å²) >= 11 is 0. The number of fused-ring (bicyclic) bond motifs is 2. The Balaban J connectivity index is 1.65. The molecule has 0 radical (unpaired) electrons. The largest absolute Gasteiger partial charge is 0.427 e. The molecule has 36 heavy (non-hydrogen) atoms. The SMILES string of the molecule is CC(=O)Oc1ccc([S+](c2ccc(OC(C)=O)cc2)c2ccc3[nH]c4ccccc4c(=O)c3c2)cc1. The summed E-state index contributed by atoms with van der Waals surface area (Å²) in [6, 6.07) is 28.0. The maximum Gasteiger partial charge on any atom is 0.308 e. The average molecular weight is 497 g/mol. The average Bonchev–Trinajstić information content (AvgIpc) is 2.86. The molecule has 0 spiro atoms. The molecule has 0 aliphatic carbocycles. The normalized spacial score (nSPS) is 11.1. The van der Waals surface area contributed by atoms with Crippen LogP contribution in [0.25, 0.3) is 21.8 Å². The molecule has 7 heteroatoms. The van der Waals surface area contributed by atoms with Crippen molar-refractivity contribution in [2.45, 2.75) is 28.5 Å². The molecule has 1 aromatic heterocycles. The number of para-hydroxylation sites is 1. The first-order valence-electron chi connectivity index (χ1n) is 11.2. The molecule has 0 unspecified atom stereocenters. The van der Waals surface area contributed by atoms with Gasteiger partial charge in [-0.05, 0) is 72.8 Å². The van der Waals surface area contributed by atoms with Crippen LogP contribution in [0.5, 0.6) is 11.5 Å². The van der Waals surface area contributed by atoms with Crippen LogP contribution in [0, 0.1) is 0 Å². The van der Waals surface area contributed by atoms with Crippen molar-refractivity contribution < 1.29 is 19.1 Å². The molecule has 0 saturated heterocycles. The van der Waals surface area contributed by atoms with Gasteiger partial charge in [0.05, 0.1) is 21.8 Å². The Kier molecular flexibility index (Phi) is 6.31. The number of aromatic amines is 1. The highest BCUT2D eigenvalue weighted by molar-refractivity contribution is 7.97. The molecule has 0 fully saturated rings. The van der Waals surface area contributed by atoms with E-state index in [4.69, 9.17) is 9.47 Å². The van der Waals surface area contributed by atoms with E-state index in [2.05, 4.69) is 4.98 Å². The number of benzene rings is 4. The Morgan fingerprint density at radius 3 is 1.69 bits per heavy atom. The Bertz CT molecular complexity index is 1600. The van der Waals surface area contributed by atoms with Gasteiger partial charge in [-0.15, -0.1) is 0 Å². The summed E-state index contributed by atoms with van der Waals surface area (Å²) in [6.45, 7) is 2.72. The second-order valence-electron chi connectivity index (χ2n) is 8.14. The lowest BCUT2D eigenvalue weighted by molar-refractivity contribution is -0.132. The highest BCUT2D eigenvalue weighted by atomic mass is 32.2. The summed E-state index contributed by atoms with van der Waals surface area (Å²) in [5.74, 6) is 0.149. The number of ether oxygens (including phenoxy) is 2. The van der Waals surface area contributed by atoms with Crippen LogP contribution in [0.15, 0.2) is 110 Å². The van der Waals surface area contributed by atoms with Crippen LogP contribution < -0.4 is 14.9 Å². The molecule has 0 aliphatic heterocycles. The summed E-state index contributed by atoms with van der Waals surface area (Å²) in [4.78, 5) is 42.3. The van der Waals surface area contributed by atoms with Crippen molar-refractivity contribution in [2.24, 2.45) is 0 Å². The number of nitrogens with one attached hydrogen (secondary N) is 1. The van der Waals surface area contributed by atoms with E-state index >= 15 is 0 Å². The minimum absolute atomic E-state index is 0.0276. The van der Waals surface area contributed by atoms with Crippen molar-refractivity contribution in [3.05, 3.63) is 101 Å². The van der Waals surface area contributed by atoms with Crippen LogP contribution in [0.3, 0.4) is 0 Å². The smallest absolute Gasteiger partial charge is 0.308 e. The third-order valence-electron chi connectivity index (χ3n) is 5.55. The van der Waals surface area contributed by atoms with Crippen molar-refractivity contribution in [3.63, 3.8) is 0 Å². The van der Waals surface area contributed by atoms with E-state index in [1.165, 1.54) is 13.8 Å². The van der Waals surface area contributed by atoms with E-state index in [1.807, 2.05) is 66.7 Å². The predicted octanol–water partition coefficient (Wildman–Crippen LogP) is 5.63. The van der Waals surface area contributed by atoms with Gasteiger partial charge in [0, 0.05) is 30.8 Å². The Morgan fingerprint density at radius 2 is 1.14 bits per heavy atom. The van der Waals surface area contributed by atoms with Crippen molar-refractivity contribution in [1.29, 1.82) is 0 Å². The Morgan fingerprint density at radius 1 is 0.639 bits per heavy atom. The number of rotatable bonds is 5. The van der Waals surface area contributed by atoms with Gasteiger partial charge in [-0.25, -0.2) is 0 Å². The van der Waals surface area contributed by atoms with E-state index in [0.717, 1.165) is 25.7 Å². The number of carbonyl (C=O) groups is 2. The van der Waals surface area contributed by atoms with E-state index in [9.17, 15) is 14.4 Å². The second kappa shape index (κ2) is 9.71. The minimum atomic E-state index is -0.588. The number of esters is 2. The van der Waals surface area contributed by atoms with E-state index < -0.39 is 10.9 Å². The van der Waals surface area contributed by atoms with Crippen molar-refractivity contribution in [3.8, 4) is 11.5 Å². The van der Waals surface area contributed by atoms with Crippen LogP contribution in [0.1, 0.15) is 13.8 Å². The van der Waals surface area contributed by atoms with E-state index in [-0.39, 0.29) is 17.4 Å². The molecule has 178 valence electrons. The topological polar surface area (TPSA) is 85.5 Å². The number of H-pyrrole nitrogens is 1. The fourth-order valence-corrected chi connectivity index (χ4v) is 6.13. The van der Waals surface area contributed by atoms with Gasteiger partial charge >= 0.3 is 11.9 Å². The molecule has 0 aliphatic rings. The minimum Gasteiger partial charge on any atom is -0.427 e. The zero-order valence-corrected chi connectivity index (χ0v) is 20.4. The number of pyridine rings is 1. The maximum absolute atomic E-state index is 13.3. The van der Waals surface area contributed by atoms with Gasteiger partial charge in [0.1, 0.15) is 11.5 Å². The first-order valence-corrected chi connectivity index (χ1v) is 12.5. The summed E-state index contributed by atoms with van der Waals surface area (Å²) in [5.41, 5.74) is 1.53. The van der Waals surface area contributed by atoms with Crippen LogP contribution >= 0.6 is 0 Å². The third-order valence-corrected chi connectivity index (χ3v) is 7.77. The lowest BCUT2D eigenvalue weighted by Crippen LogP contribution is -2.09. The van der Waals surface area contributed by atoms with Gasteiger partial charge in [-0.1, -0.05) is 12.1 Å². The monoisotopic (exact) mass is 496 g/mol. The molecule has 0 bridgehead atoms. The highest BCUT2D eigenvalue weighted by Crippen LogP contribution is 2.34. The molecule has 0 amide bonds. The standard InChI is InChI=1S/C29H21NO5S/c1-18(31)34-20-7-11-22(12-8-20)36(23-13-9-21(10-14-23)35-19(2)32)24-15-16-28-26(17-24)29(33)25-5-3-4-6-27(25)30-28/h3-17H,1-2H3/p+1. The molecule has 0 saturated carbocycles. The molecular weight excluding hydrogens is 474 g/mol. The zero-order valence-electron chi connectivity index (χ0n) is 19.6. The number of hydrogen-bond acceptors (Lipinski definition) is 5. The van der Waals surface area contributed by atoms with Gasteiger partial charge in [0.25, 0.3) is 0 Å². The van der Waals surface area contributed by atoms with E-state index in [0.29, 0.717) is 22.3 Å². The molecule has 1 N–H and O–H groups in total. The Labute approximate surface area is 209 Å². The number of hydrogen-bond donors (Lipinski definition) is 1. The third kappa shape index (κ3) is 4.74. The van der Waals surface area contributed by atoms with Crippen molar-refractivity contribution in [1.82, 2.24) is 4.98 Å². The fourth-order valence-electron chi connectivity index (χ4n) is 4.06. The van der Waals surface area contributed by atoms with Crippen molar-refractivity contribution in [2.75, 3.05) is 0 Å². The zero-order chi connectivity index (χ0) is 25.2. The summed E-state index contributed by atoms with van der Waals surface area (Å²) in [5, 5.41) is 1.25. The van der Waals surface area contributed by atoms with E-state index in [1.54, 1.807) is 24.3 Å². The Hall–Kier alpha value is -4.36. The molecule has 0 atom stereocenters. The van der Waals surface area contributed by atoms with Gasteiger partial charge in [-0.3, -0.25) is 14.4 Å². The number of aromatic nitrogens is 1. The predicted molar refractivity (Wildman–Crippen MR) is 140 cm³/mol. The molecule has 5 aromatic rings. The fraction of sp³-hybridized carbons (Fsp3) is 0.0690. The molecule has 4 aromatic carbocycles.